The van der Waals surface area contributed by atoms with Crippen molar-refractivity contribution in [2.45, 2.75) is 33.6 Å². The molecule has 0 aromatic heterocycles. The van der Waals surface area contributed by atoms with E-state index in [0.717, 1.165) is 29.7 Å². The second-order valence-corrected chi connectivity index (χ2v) is 8.98. The SMILES string of the molecule is CCS(=O)(=O)N1CCCc2cc(NC(=O)Nc3ccc(C)c(C)c3)ccc21. The van der Waals surface area contributed by atoms with Gasteiger partial charge in [0, 0.05) is 17.9 Å². The number of fused-ring (bicyclic) bond motifs is 1. The van der Waals surface area contributed by atoms with Gasteiger partial charge in [0.15, 0.2) is 0 Å². The van der Waals surface area contributed by atoms with Gasteiger partial charge in [-0.25, -0.2) is 13.2 Å². The summed E-state index contributed by atoms with van der Waals surface area (Å²) >= 11 is 0. The van der Waals surface area contributed by atoms with Crippen LogP contribution in [0.1, 0.15) is 30.0 Å². The Bertz CT molecular complexity index is 970. The van der Waals surface area contributed by atoms with Gasteiger partial charge in [0.2, 0.25) is 10.0 Å². The Balaban J connectivity index is 1.75. The lowest BCUT2D eigenvalue weighted by molar-refractivity contribution is 0.262. The topological polar surface area (TPSA) is 78.5 Å². The van der Waals surface area contributed by atoms with Crippen LogP contribution in [0.15, 0.2) is 36.4 Å². The Morgan fingerprint density at radius 3 is 2.37 bits per heavy atom. The number of rotatable bonds is 4. The smallest absolute Gasteiger partial charge is 0.308 e. The van der Waals surface area contributed by atoms with Gasteiger partial charge in [0.1, 0.15) is 0 Å². The Morgan fingerprint density at radius 2 is 1.70 bits per heavy atom. The largest absolute Gasteiger partial charge is 0.323 e. The van der Waals surface area contributed by atoms with Crippen molar-refractivity contribution in [1.82, 2.24) is 0 Å². The van der Waals surface area contributed by atoms with Crippen LogP contribution < -0.4 is 14.9 Å². The zero-order valence-electron chi connectivity index (χ0n) is 15.9. The summed E-state index contributed by atoms with van der Waals surface area (Å²) in [6.07, 6.45) is 1.56. The molecule has 2 aromatic carbocycles. The van der Waals surface area contributed by atoms with Crippen LogP contribution >= 0.6 is 0 Å². The van der Waals surface area contributed by atoms with E-state index in [9.17, 15) is 13.2 Å². The molecule has 2 aromatic rings. The van der Waals surface area contributed by atoms with Crippen LogP contribution in [0.2, 0.25) is 0 Å². The molecule has 0 atom stereocenters. The second kappa shape index (κ2) is 7.60. The van der Waals surface area contributed by atoms with E-state index in [4.69, 9.17) is 0 Å². The lowest BCUT2D eigenvalue weighted by Crippen LogP contribution is -2.36. The molecule has 7 heteroatoms. The standard InChI is InChI=1S/C20H25N3O3S/c1-4-27(25,26)23-11-5-6-16-13-18(9-10-19(16)23)22-20(24)21-17-8-7-14(2)15(3)12-17/h7-10,12-13H,4-6,11H2,1-3H3,(H2,21,22,24). The number of amides is 2. The maximum absolute atomic E-state index is 12.3. The minimum Gasteiger partial charge on any atom is -0.308 e. The molecule has 2 N–H and O–H groups in total. The number of benzene rings is 2. The van der Waals surface area contributed by atoms with Crippen molar-refractivity contribution in [2.24, 2.45) is 0 Å². The number of anilines is 3. The van der Waals surface area contributed by atoms with Gasteiger partial charge >= 0.3 is 6.03 Å². The number of sulfonamides is 1. The van der Waals surface area contributed by atoms with E-state index < -0.39 is 10.0 Å². The molecule has 27 heavy (non-hydrogen) atoms. The molecule has 3 rings (SSSR count). The number of nitrogens with one attached hydrogen (secondary N) is 2. The first-order chi connectivity index (χ1) is 12.8. The van der Waals surface area contributed by atoms with Crippen molar-refractivity contribution in [2.75, 3.05) is 27.2 Å². The fourth-order valence-corrected chi connectivity index (χ4v) is 4.39. The molecular weight excluding hydrogens is 362 g/mol. The Hall–Kier alpha value is -2.54. The summed E-state index contributed by atoms with van der Waals surface area (Å²) in [4.78, 5) is 12.3. The summed E-state index contributed by atoms with van der Waals surface area (Å²) in [5.74, 6) is 0.0742. The molecule has 1 heterocycles. The van der Waals surface area contributed by atoms with E-state index in [1.54, 1.807) is 19.1 Å². The fraction of sp³-hybridized carbons (Fsp3) is 0.350. The van der Waals surface area contributed by atoms with Gasteiger partial charge < -0.3 is 10.6 Å². The minimum absolute atomic E-state index is 0.0742. The molecular formula is C20H25N3O3S. The van der Waals surface area contributed by atoms with E-state index >= 15 is 0 Å². The molecule has 2 amide bonds. The maximum Gasteiger partial charge on any atom is 0.323 e. The third-order valence-corrected chi connectivity index (χ3v) is 6.66. The highest BCUT2D eigenvalue weighted by molar-refractivity contribution is 7.92. The summed E-state index contributed by atoms with van der Waals surface area (Å²) in [5.41, 5.74) is 5.30. The number of aryl methyl sites for hydroxylation is 3. The molecule has 1 aliphatic rings. The van der Waals surface area contributed by atoms with Crippen LogP contribution in [0.4, 0.5) is 21.9 Å². The van der Waals surface area contributed by atoms with Crippen molar-refractivity contribution in [3.8, 4) is 0 Å². The van der Waals surface area contributed by atoms with Crippen molar-refractivity contribution < 1.29 is 13.2 Å². The predicted molar refractivity (Wildman–Crippen MR) is 110 cm³/mol. The molecule has 0 radical (unpaired) electrons. The third kappa shape index (κ3) is 4.24. The van der Waals surface area contributed by atoms with E-state index in [0.29, 0.717) is 17.9 Å². The van der Waals surface area contributed by atoms with Gasteiger partial charge in [-0.1, -0.05) is 6.07 Å². The second-order valence-electron chi connectivity index (χ2n) is 6.80. The number of nitrogens with zero attached hydrogens (tertiary/aromatic N) is 1. The quantitative estimate of drug-likeness (QED) is 0.831. The highest BCUT2D eigenvalue weighted by Crippen LogP contribution is 2.31. The predicted octanol–water partition coefficient (Wildman–Crippen LogP) is 4.05. The van der Waals surface area contributed by atoms with Crippen LogP contribution in [0, 0.1) is 13.8 Å². The summed E-state index contributed by atoms with van der Waals surface area (Å²) in [5, 5.41) is 5.65. The average molecular weight is 388 g/mol. The number of hydrogen-bond donors (Lipinski definition) is 2. The molecule has 6 nitrogen and oxygen atoms in total. The van der Waals surface area contributed by atoms with Gasteiger partial charge in [-0.15, -0.1) is 0 Å². The highest BCUT2D eigenvalue weighted by atomic mass is 32.2. The van der Waals surface area contributed by atoms with Crippen LogP contribution in [0.5, 0.6) is 0 Å². The monoisotopic (exact) mass is 387 g/mol. The fourth-order valence-electron chi connectivity index (χ4n) is 3.20. The minimum atomic E-state index is -3.29. The number of carbonyl (C=O) groups is 1. The zero-order chi connectivity index (χ0) is 19.6. The third-order valence-electron chi connectivity index (χ3n) is 4.88. The lowest BCUT2D eigenvalue weighted by atomic mass is 10.0. The summed E-state index contributed by atoms with van der Waals surface area (Å²) < 4.78 is 26.0. The van der Waals surface area contributed by atoms with Gasteiger partial charge in [-0.05, 0) is 80.6 Å². The first kappa shape index (κ1) is 19.2. The zero-order valence-corrected chi connectivity index (χ0v) is 16.7. The molecule has 0 aliphatic carbocycles. The Labute approximate surface area is 160 Å². The van der Waals surface area contributed by atoms with Crippen LogP contribution in [-0.2, 0) is 16.4 Å². The normalized spacial score (nSPS) is 13.8. The molecule has 0 saturated carbocycles. The molecule has 1 aliphatic heterocycles. The highest BCUT2D eigenvalue weighted by Gasteiger charge is 2.26. The van der Waals surface area contributed by atoms with Crippen LogP contribution in [0.25, 0.3) is 0 Å². The van der Waals surface area contributed by atoms with Gasteiger partial charge in [-0.2, -0.15) is 0 Å². The lowest BCUT2D eigenvalue weighted by Gasteiger charge is -2.30. The van der Waals surface area contributed by atoms with Gasteiger partial charge in [0.05, 0.1) is 11.4 Å². The molecule has 0 fully saturated rings. The molecule has 144 valence electrons. The van der Waals surface area contributed by atoms with E-state index in [1.807, 2.05) is 38.1 Å². The van der Waals surface area contributed by atoms with Crippen molar-refractivity contribution >= 4 is 33.1 Å². The number of hydrogen-bond acceptors (Lipinski definition) is 3. The van der Waals surface area contributed by atoms with Crippen molar-refractivity contribution in [3.63, 3.8) is 0 Å². The maximum atomic E-state index is 12.3. The van der Waals surface area contributed by atoms with Crippen molar-refractivity contribution in [1.29, 1.82) is 0 Å². The average Bonchev–Trinajstić information content (AvgIpc) is 2.64. The van der Waals surface area contributed by atoms with Crippen molar-refractivity contribution in [3.05, 3.63) is 53.1 Å². The Kier molecular flexibility index (Phi) is 5.41. The van der Waals surface area contributed by atoms with Crippen LogP contribution in [0.3, 0.4) is 0 Å². The molecule has 0 bridgehead atoms. The number of urea groups is 1. The van der Waals surface area contributed by atoms with Crippen LogP contribution in [-0.4, -0.2) is 26.7 Å². The first-order valence-corrected chi connectivity index (χ1v) is 10.7. The van der Waals surface area contributed by atoms with E-state index in [2.05, 4.69) is 10.6 Å². The summed E-state index contributed by atoms with van der Waals surface area (Å²) in [7, 11) is -3.29. The van der Waals surface area contributed by atoms with Gasteiger partial charge in [-0.3, -0.25) is 4.31 Å². The summed E-state index contributed by atoms with van der Waals surface area (Å²) in [6, 6.07) is 10.8. The van der Waals surface area contributed by atoms with Gasteiger partial charge in [0.25, 0.3) is 0 Å². The van der Waals surface area contributed by atoms with E-state index in [1.165, 1.54) is 9.87 Å². The molecule has 0 unspecified atom stereocenters. The first-order valence-electron chi connectivity index (χ1n) is 9.09. The Morgan fingerprint density at radius 1 is 1.04 bits per heavy atom. The number of carbonyl (C=O) groups excluding carboxylic acids is 1. The molecule has 0 saturated heterocycles. The van der Waals surface area contributed by atoms with E-state index in [-0.39, 0.29) is 11.8 Å². The summed E-state index contributed by atoms with van der Waals surface area (Å²) in [6.45, 7) is 6.17. The molecule has 0 spiro atoms.